The van der Waals surface area contributed by atoms with Crippen molar-refractivity contribution in [1.29, 1.82) is 0 Å². The van der Waals surface area contributed by atoms with Gasteiger partial charge in [-0.15, -0.1) is 0 Å². The summed E-state index contributed by atoms with van der Waals surface area (Å²) >= 11 is 0. The number of carbonyl (C=O) groups excluding carboxylic acids is 2. The zero-order valence-electron chi connectivity index (χ0n) is 14.5. The molecule has 0 aromatic heterocycles. The van der Waals surface area contributed by atoms with Gasteiger partial charge in [-0.05, 0) is 44.7 Å². The highest BCUT2D eigenvalue weighted by molar-refractivity contribution is 6.10. The van der Waals surface area contributed by atoms with Gasteiger partial charge in [-0.2, -0.15) is 0 Å². The van der Waals surface area contributed by atoms with Crippen LogP contribution in [0.2, 0.25) is 0 Å². The van der Waals surface area contributed by atoms with E-state index in [0.29, 0.717) is 18.6 Å². The van der Waals surface area contributed by atoms with Crippen LogP contribution in [0.1, 0.15) is 66.6 Å². The standard InChI is InChI=1S/C19H28O3/c1-6-8-9-16(19(21)22-10-7-2)18(20)17-14(4)11-13(3)12-15(17)5/h11-12,16H,6-10H2,1-5H3. The van der Waals surface area contributed by atoms with Gasteiger partial charge in [0.1, 0.15) is 5.92 Å². The number of ether oxygens (including phenoxy) is 1. The summed E-state index contributed by atoms with van der Waals surface area (Å²) in [6.45, 7) is 10.3. The molecule has 1 rings (SSSR count). The molecule has 122 valence electrons. The molecule has 3 heteroatoms. The maximum atomic E-state index is 12.9. The molecule has 1 aromatic rings. The van der Waals surface area contributed by atoms with Gasteiger partial charge in [-0.25, -0.2) is 0 Å². The number of aryl methyl sites for hydroxylation is 3. The first-order chi connectivity index (χ1) is 10.4. The molecule has 0 aliphatic rings. The van der Waals surface area contributed by atoms with Gasteiger partial charge in [0, 0.05) is 5.56 Å². The zero-order valence-corrected chi connectivity index (χ0v) is 14.5. The van der Waals surface area contributed by atoms with Crippen LogP contribution < -0.4 is 0 Å². The average molecular weight is 304 g/mol. The van der Waals surface area contributed by atoms with Crippen molar-refractivity contribution >= 4 is 11.8 Å². The number of rotatable bonds is 8. The Hall–Kier alpha value is -1.64. The van der Waals surface area contributed by atoms with Crippen LogP contribution in [-0.2, 0) is 9.53 Å². The molecule has 1 aromatic carbocycles. The molecule has 0 bridgehead atoms. The molecule has 0 N–H and O–H groups in total. The van der Waals surface area contributed by atoms with E-state index in [1.54, 1.807) is 0 Å². The Morgan fingerprint density at radius 3 is 2.14 bits per heavy atom. The third-order valence-corrected chi connectivity index (χ3v) is 3.82. The predicted molar refractivity (Wildman–Crippen MR) is 89.2 cm³/mol. The Morgan fingerprint density at radius 1 is 1.05 bits per heavy atom. The summed E-state index contributed by atoms with van der Waals surface area (Å²) in [4.78, 5) is 25.2. The van der Waals surface area contributed by atoms with Crippen molar-refractivity contribution in [3.05, 3.63) is 34.4 Å². The largest absolute Gasteiger partial charge is 0.465 e. The van der Waals surface area contributed by atoms with Crippen molar-refractivity contribution in [2.75, 3.05) is 6.61 Å². The molecule has 0 aliphatic carbocycles. The molecular weight excluding hydrogens is 276 g/mol. The number of Topliss-reactive ketones (excluding diaryl/α,β-unsaturated/α-hetero) is 1. The Labute approximate surface area is 134 Å². The topological polar surface area (TPSA) is 43.4 Å². The van der Waals surface area contributed by atoms with E-state index >= 15 is 0 Å². The van der Waals surface area contributed by atoms with Crippen LogP contribution >= 0.6 is 0 Å². The molecule has 1 atom stereocenters. The molecule has 0 saturated carbocycles. The minimum absolute atomic E-state index is 0.0930. The number of esters is 1. The molecule has 3 nitrogen and oxygen atoms in total. The number of hydrogen-bond donors (Lipinski definition) is 0. The summed E-state index contributed by atoms with van der Waals surface area (Å²) in [7, 11) is 0. The van der Waals surface area contributed by atoms with Crippen LogP contribution in [0.4, 0.5) is 0 Å². The van der Waals surface area contributed by atoms with Crippen LogP contribution in [0.15, 0.2) is 12.1 Å². The van der Waals surface area contributed by atoms with Gasteiger partial charge in [0.25, 0.3) is 0 Å². The maximum Gasteiger partial charge on any atom is 0.316 e. The molecule has 0 aliphatic heterocycles. The van der Waals surface area contributed by atoms with E-state index in [-0.39, 0.29) is 11.8 Å². The normalized spacial score (nSPS) is 12.0. The molecule has 0 amide bonds. The van der Waals surface area contributed by atoms with Crippen LogP contribution in [0.25, 0.3) is 0 Å². The second kappa shape index (κ2) is 8.72. The number of carbonyl (C=O) groups is 2. The number of ketones is 1. The number of hydrogen-bond acceptors (Lipinski definition) is 3. The highest BCUT2D eigenvalue weighted by Gasteiger charge is 2.30. The van der Waals surface area contributed by atoms with Gasteiger partial charge in [0.2, 0.25) is 0 Å². The summed E-state index contributed by atoms with van der Waals surface area (Å²) in [5, 5.41) is 0. The van der Waals surface area contributed by atoms with E-state index in [0.717, 1.165) is 36.0 Å². The Balaban J connectivity index is 3.08. The van der Waals surface area contributed by atoms with E-state index in [9.17, 15) is 9.59 Å². The Morgan fingerprint density at radius 2 is 1.64 bits per heavy atom. The lowest BCUT2D eigenvalue weighted by Crippen LogP contribution is -2.28. The summed E-state index contributed by atoms with van der Waals surface area (Å²) in [6, 6.07) is 3.99. The zero-order chi connectivity index (χ0) is 16.7. The van der Waals surface area contributed by atoms with Crippen molar-refractivity contribution < 1.29 is 14.3 Å². The van der Waals surface area contributed by atoms with Crippen molar-refractivity contribution in [3.63, 3.8) is 0 Å². The van der Waals surface area contributed by atoms with Gasteiger partial charge in [0.05, 0.1) is 6.61 Å². The quantitative estimate of drug-likeness (QED) is 0.402. The Kier molecular flexibility index (Phi) is 7.30. The van der Waals surface area contributed by atoms with Gasteiger partial charge < -0.3 is 4.74 Å². The van der Waals surface area contributed by atoms with Gasteiger partial charge >= 0.3 is 5.97 Å². The van der Waals surface area contributed by atoms with E-state index in [2.05, 4.69) is 6.92 Å². The second-order valence-electron chi connectivity index (χ2n) is 6.00. The van der Waals surface area contributed by atoms with E-state index in [1.807, 2.05) is 39.8 Å². The van der Waals surface area contributed by atoms with Crippen molar-refractivity contribution in [1.82, 2.24) is 0 Å². The second-order valence-corrected chi connectivity index (χ2v) is 6.00. The first-order valence-electron chi connectivity index (χ1n) is 8.21. The third-order valence-electron chi connectivity index (χ3n) is 3.82. The van der Waals surface area contributed by atoms with Gasteiger partial charge in [-0.1, -0.05) is 44.4 Å². The summed E-state index contributed by atoms with van der Waals surface area (Å²) in [5.74, 6) is -1.14. The molecule has 0 spiro atoms. The average Bonchev–Trinajstić information content (AvgIpc) is 2.44. The minimum atomic E-state index is -0.674. The van der Waals surface area contributed by atoms with E-state index < -0.39 is 5.92 Å². The predicted octanol–water partition coefficient (Wildman–Crippen LogP) is 4.55. The maximum absolute atomic E-state index is 12.9. The van der Waals surface area contributed by atoms with E-state index in [1.165, 1.54) is 0 Å². The fraction of sp³-hybridized carbons (Fsp3) is 0.579. The number of unbranched alkanes of at least 4 members (excludes halogenated alkanes) is 1. The van der Waals surface area contributed by atoms with Gasteiger partial charge in [0.15, 0.2) is 5.78 Å². The van der Waals surface area contributed by atoms with Crippen LogP contribution in [-0.4, -0.2) is 18.4 Å². The summed E-state index contributed by atoms with van der Waals surface area (Å²) in [5.41, 5.74) is 3.69. The highest BCUT2D eigenvalue weighted by atomic mass is 16.5. The first kappa shape index (κ1) is 18.4. The molecule has 0 fully saturated rings. The minimum Gasteiger partial charge on any atom is -0.465 e. The number of benzene rings is 1. The van der Waals surface area contributed by atoms with Crippen molar-refractivity contribution in [2.24, 2.45) is 5.92 Å². The monoisotopic (exact) mass is 304 g/mol. The molecule has 22 heavy (non-hydrogen) atoms. The van der Waals surface area contributed by atoms with E-state index in [4.69, 9.17) is 4.74 Å². The third kappa shape index (κ3) is 4.69. The molecule has 0 heterocycles. The van der Waals surface area contributed by atoms with Crippen LogP contribution in [0.3, 0.4) is 0 Å². The highest BCUT2D eigenvalue weighted by Crippen LogP contribution is 2.23. The lowest BCUT2D eigenvalue weighted by Gasteiger charge is -2.18. The van der Waals surface area contributed by atoms with Crippen LogP contribution in [0, 0.1) is 26.7 Å². The fourth-order valence-electron chi connectivity index (χ4n) is 2.81. The molecular formula is C19H28O3. The fourth-order valence-corrected chi connectivity index (χ4v) is 2.81. The van der Waals surface area contributed by atoms with Crippen molar-refractivity contribution in [3.8, 4) is 0 Å². The SMILES string of the molecule is CCCCC(C(=O)OCCC)C(=O)c1c(C)cc(C)cc1C. The molecule has 0 saturated heterocycles. The molecule has 0 radical (unpaired) electrons. The lowest BCUT2D eigenvalue weighted by molar-refractivity contribution is -0.147. The van der Waals surface area contributed by atoms with Crippen LogP contribution in [0.5, 0.6) is 0 Å². The summed E-state index contributed by atoms with van der Waals surface area (Å²) < 4.78 is 5.24. The molecule has 1 unspecified atom stereocenters. The Bertz CT molecular complexity index is 508. The summed E-state index contributed by atoms with van der Waals surface area (Å²) in [6.07, 6.45) is 3.13. The first-order valence-corrected chi connectivity index (χ1v) is 8.21. The van der Waals surface area contributed by atoms with Crippen molar-refractivity contribution in [2.45, 2.75) is 60.3 Å². The lowest BCUT2D eigenvalue weighted by atomic mass is 9.87. The van der Waals surface area contributed by atoms with Gasteiger partial charge in [-0.3, -0.25) is 9.59 Å². The smallest absolute Gasteiger partial charge is 0.316 e.